The smallest absolute Gasteiger partial charge is 0.255 e. The Morgan fingerprint density at radius 2 is 1.85 bits per heavy atom. The van der Waals surface area contributed by atoms with Gasteiger partial charge in [0.1, 0.15) is 0 Å². The van der Waals surface area contributed by atoms with Crippen LogP contribution in [0.25, 0.3) is 0 Å². The number of fused-ring (bicyclic) bond motifs is 1. The number of carbonyl (C=O) groups is 3. The first kappa shape index (κ1) is 22.5. The van der Waals surface area contributed by atoms with Crippen LogP contribution in [0.4, 0.5) is 0 Å². The summed E-state index contributed by atoms with van der Waals surface area (Å²) < 4.78 is 5.26. The van der Waals surface area contributed by atoms with Crippen molar-refractivity contribution in [3.05, 3.63) is 65.5 Å². The second-order valence-electron chi connectivity index (χ2n) is 9.67. The lowest BCUT2D eigenvalue weighted by Gasteiger charge is -2.56. The lowest BCUT2D eigenvalue weighted by Crippen LogP contribution is -2.68. The first-order valence-corrected chi connectivity index (χ1v) is 11.9. The maximum absolute atomic E-state index is 13.8. The van der Waals surface area contributed by atoms with Crippen molar-refractivity contribution in [3.8, 4) is 0 Å². The zero-order valence-corrected chi connectivity index (χ0v) is 19.6. The molecule has 2 fully saturated rings. The molecule has 2 aromatic rings. The number of carbonyl (C=O) groups excluding carboxylic acids is 3. The normalized spacial score (nSPS) is 21.9. The summed E-state index contributed by atoms with van der Waals surface area (Å²) >= 11 is 0. The van der Waals surface area contributed by atoms with Crippen LogP contribution in [0.15, 0.2) is 48.8 Å². The van der Waals surface area contributed by atoms with Gasteiger partial charge in [-0.3, -0.25) is 19.4 Å². The van der Waals surface area contributed by atoms with Crippen molar-refractivity contribution < 1.29 is 19.1 Å². The van der Waals surface area contributed by atoms with E-state index in [4.69, 9.17) is 4.74 Å². The molecule has 0 bridgehead atoms. The highest BCUT2D eigenvalue weighted by atomic mass is 16.5. The van der Waals surface area contributed by atoms with E-state index in [1.165, 1.54) is 0 Å². The molecule has 1 spiro atoms. The molecule has 3 aliphatic rings. The Morgan fingerprint density at radius 1 is 1.12 bits per heavy atom. The highest BCUT2D eigenvalue weighted by Crippen LogP contribution is 2.48. The molecule has 34 heavy (non-hydrogen) atoms. The van der Waals surface area contributed by atoms with Crippen LogP contribution in [0.5, 0.6) is 0 Å². The summed E-state index contributed by atoms with van der Waals surface area (Å²) in [6, 6.07) is 10.9. The van der Waals surface area contributed by atoms with Gasteiger partial charge in [0.25, 0.3) is 11.8 Å². The molecule has 8 nitrogen and oxygen atoms in total. The number of piperidine rings is 1. The van der Waals surface area contributed by atoms with Crippen molar-refractivity contribution in [1.29, 1.82) is 0 Å². The summed E-state index contributed by atoms with van der Waals surface area (Å²) in [5.41, 5.74) is 1.19. The third-order valence-corrected chi connectivity index (χ3v) is 7.33. The third-order valence-electron chi connectivity index (χ3n) is 7.33. The molecule has 0 radical (unpaired) electrons. The largest absolute Gasteiger partial charge is 0.377 e. The second-order valence-corrected chi connectivity index (χ2v) is 9.67. The Labute approximate surface area is 199 Å². The van der Waals surface area contributed by atoms with Crippen LogP contribution in [0.2, 0.25) is 0 Å². The van der Waals surface area contributed by atoms with E-state index >= 15 is 0 Å². The molecule has 0 aliphatic carbocycles. The Hall–Kier alpha value is -3.26. The first-order valence-electron chi connectivity index (χ1n) is 11.9. The zero-order valence-electron chi connectivity index (χ0n) is 19.6. The number of amides is 3. The van der Waals surface area contributed by atoms with Crippen molar-refractivity contribution in [3.63, 3.8) is 0 Å². The van der Waals surface area contributed by atoms with E-state index in [9.17, 15) is 14.4 Å². The molecule has 4 heterocycles. The molecule has 1 aromatic heterocycles. The minimum atomic E-state index is -0.708. The van der Waals surface area contributed by atoms with Crippen molar-refractivity contribution in [1.82, 2.24) is 20.1 Å². The number of rotatable bonds is 4. The number of ether oxygens (including phenoxy) is 1. The van der Waals surface area contributed by atoms with Crippen LogP contribution in [0, 0.1) is 0 Å². The van der Waals surface area contributed by atoms with Gasteiger partial charge in [0, 0.05) is 37.1 Å². The van der Waals surface area contributed by atoms with Gasteiger partial charge < -0.3 is 19.9 Å². The fourth-order valence-electron chi connectivity index (χ4n) is 5.74. The topological polar surface area (TPSA) is 91.8 Å². The predicted octanol–water partition coefficient (Wildman–Crippen LogP) is 2.22. The van der Waals surface area contributed by atoms with Crippen LogP contribution < -0.4 is 5.32 Å². The van der Waals surface area contributed by atoms with Crippen molar-refractivity contribution in [2.45, 2.75) is 50.2 Å². The number of likely N-dealkylation sites (tertiary alicyclic amines) is 1. The number of nitrogens with zero attached hydrogens (tertiary/aromatic N) is 3. The van der Waals surface area contributed by atoms with Crippen LogP contribution in [0.1, 0.15) is 58.9 Å². The number of pyridine rings is 1. The van der Waals surface area contributed by atoms with Gasteiger partial charge in [-0.2, -0.15) is 0 Å². The van der Waals surface area contributed by atoms with Crippen LogP contribution in [-0.4, -0.2) is 76.4 Å². The summed E-state index contributed by atoms with van der Waals surface area (Å²) in [7, 11) is 0. The molecule has 1 aromatic carbocycles. The monoisotopic (exact) mass is 462 g/mol. The van der Waals surface area contributed by atoms with Crippen molar-refractivity contribution in [2.75, 3.05) is 26.3 Å². The molecule has 1 unspecified atom stereocenters. The van der Waals surface area contributed by atoms with Gasteiger partial charge in [-0.05, 0) is 50.5 Å². The zero-order chi connectivity index (χ0) is 23.9. The molecule has 178 valence electrons. The van der Waals surface area contributed by atoms with Crippen LogP contribution in [0.3, 0.4) is 0 Å². The molecule has 1 atom stereocenters. The van der Waals surface area contributed by atoms with Crippen LogP contribution in [-0.2, 0) is 9.53 Å². The quantitative estimate of drug-likeness (QED) is 0.752. The Balaban J connectivity index is 1.51. The van der Waals surface area contributed by atoms with Gasteiger partial charge in [-0.1, -0.05) is 18.2 Å². The van der Waals surface area contributed by atoms with E-state index in [0.29, 0.717) is 50.3 Å². The Kier molecular flexibility index (Phi) is 5.85. The molecule has 3 amide bonds. The van der Waals surface area contributed by atoms with E-state index in [1.54, 1.807) is 29.4 Å². The van der Waals surface area contributed by atoms with Gasteiger partial charge in [0.2, 0.25) is 5.91 Å². The molecule has 8 heteroatoms. The third kappa shape index (κ3) is 3.66. The molecule has 3 aliphatic heterocycles. The molecular formula is C26H30N4O4. The van der Waals surface area contributed by atoms with Gasteiger partial charge in [-0.25, -0.2) is 0 Å². The maximum atomic E-state index is 13.8. The van der Waals surface area contributed by atoms with Gasteiger partial charge >= 0.3 is 0 Å². The lowest BCUT2D eigenvalue weighted by atomic mass is 9.66. The van der Waals surface area contributed by atoms with Gasteiger partial charge in [0.05, 0.1) is 36.3 Å². The highest BCUT2D eigenvalue weighted by molar-refractivity contribution is 6.02. The highest BCUT2D eigenvalue weighted by Gasteiger charge is 2.56. The average molecular weight is 463 g/mol. The molecule has 0 saturated carbocycles. The van der Waals surface area contributed by atoms with Crippen LogP contribution >= 0.6 is 0 Å². The van der Waals surface area contributed by atoms with Gasteiger partial charge in [-0.15, -0.1) is 0 Å². The maximum Gasteiger partial charge on any atom is 0.255 e. The molecule has 1 N–H and O–H groups in total. The van der Waals surface area contributed by atoms with E-state index < -0.39 is 11.5 Å². The number of nitrogens with one attached hydrogen (secondary N) is 1. The molecule has 5 rings (SSSR count). The Morgan fingerprint density at radius 3 is 2.47 bits per heavy atom. The predicted molar refractivity (Wildman–Crippen MR) is 125 cm³/mol. The van der Waals surface area contributed by atoms with Crippen molar-refractivity contribution >= 4 is 17.7 Å². The SMILES string of the molecule is CC(C)N1C(=O)c2ccccc2C(C(=O)NC2COC2)C12CCN(C(=O)c1cccnc1)CC2. The van der Waals surface area contributed by atoms with E-state index in [1.807, 2.05) is 43.0 Å². The first-order chi connectivity index (χ1) is 16.4. The summed E-state index contributed by atoms with van der Waals surface area (Å²) in [5, 5.41) is 3.14. The number of hydrogen-bond donors (Lipinski definition) is 1. The second kappa shape index (κ2) is 8.83. The summed E-state index contributed by atoms with van der Waals surface area (Å²) in [5.74, 6) is -0.714. The minimum absolute atomic E-state index is 0.00547. The number of hydrogen-bond acceptors (Lipinski definition) is 5. The fraction of sp³-hybridized carbons (Fsp3) is 0.462. The lowest BCUT2D eigenvalue weighted by molar-refractivity contribution is -0.132. The summed E-state index contributed by atoms with van der Waals surface area (Å²) in [6.45, 7) is 5.93. The summed E-state index contributed by atoms with van der Waals surface area (Å²) in [6.07, 6.45) is 4.27. The van der Waals surface area contributed by atoms with Crippen molar-refractivity contribution in [2.24, 2.45) is 0 Å². The van der Waals surface area contributed by atoms with E-state index in [0.717, 1.165) is 5.56 Å². The van der Waals surface area contributed by atoms with Gasteiger partial charge in [0.15, 0.2) is 0 Å². The number of benzene rings is 1. The summed E-state index contributed by atoms with van der Waals surface area (Å²) in [4.78, 5) is 48.3. The fourth-order valence-corrected chi connectivity index (χ4v) is 5.74. The van der Waals surface area contributed by atoms with E-state index in [-0.39, 0.29) is 29.8 Å². The standard InChI is InChI=1S/C26H30N4O4/c1-17(2)30-25(33)21-8-4-3-7-20(21)22(23(31)28-19-15-34-16-19)26(30)9-12-29(13-10-26)24(32)18-6-5-11-27-14-18/h3-8,11,14,17,19,22H,9-10,12-13,15-16H2,1-2H3,(H,28,31). The Bertz CT molecular complexity index is 1090. The average Bonchev–Trinajstić information content (AvgIpc) is 2.82. The minimum Gasteiger partial charge on any atom is -0.377 e. The molecular weight excluding hydrogens is 432 g/mol. The van der Waals surface area contributed by atoms with E-state index in [2.05, 4.69) is 10.3 Å². The number of aromatic nitrogens is 1. The molecule has 2 saturated heterocycles.